The van der Waals surface area contributed by atoms with Crippen LogP contribution in [0.3, 0.4) is 0 Å². The molecular weight excluding hydrogens is 328 g/mol. The van der Waals surface area contributed by atoms with Crippen molar-refractivity contribution in [3.63, 3.8) is 0 Å². The number of carbonyl (C=O) groups is 1. The molecule has 0 aliphatic heterocycles. The fourth-order valence-corrected chi connectivity index (χ4v) is 2.65. The quantitative estimate of drug-likeness (QED) is 0.687. The van der Waals surface area contributed by atoms with Gasteiger partial charge in [-0.1, -0.05) is 0 Å². The normalized spacial score (nSPS) is 10.6. The van der Waals surface area contributed by atoms with Crippen LogP contribution in [0.15, 0.2) is 45.3 Å². The van der Waals surface area contributed by atoms with Crippen LogP contribution in [0.4, 0.5) is 0 Å². The van der Waals surface area contributed by atoms with Crippen LogP contribution in [-0.4, -0.2) is 19.2 Å². The largest absolute Gasteiger partial charge is 0.497 e. The number of ether oxygens (including phenoxy) is 1. The van der Waals surface area contributed by atoms with Crippen molar-refractivity contribution in [3.05, 3.63) is 50.6 Å². The monoisotopic (exact) mass is 338 g/mol. The van der Waals surface area contributed by atoms with Crippen LogP contribution in [-0.2, 0) is 0 Å². The van der Waals surface area contributed by atoms with E-state index in [0.717, 1.165) is 8.66 Å². The van der Waals surface area contributed by atoms with Gasteiger partial charge in [0, 0.05) is 10.4 Å². The highest BCUT2D eigenvalue weighted by Crippen LogP contribution is 2.20. The van der Waals surface area contributed by atoms with E-state index in [1.165, 1.54) is 11.3 Å². The highest BCUT2D eigenvalue weighted by Gasteiger charge is 2.03. The number of hydrogen-bond acceptors (Lipinski definition) is 4. The van der Waals surface area contributed by atoms with Gasteiger partial charge >= 0.3 is 0 Å². The summed E-state index contributed by atoms with van der Waals surface area (Å²) in [4.78, 5) is 12.7. The van der Waals surface area contributed by atoms with Gasteiger partial charge in [-0.15, -0.1) is 11.3 Å². The zero-order valence-electron chi connectivity index (χ0n) is 10.1. The second-order valence-corrected chi connectivity index (χ2v) is 6.06. The molecule has 0 atom stereocenters. The summed E-state index contributed by atoms with van der Waals surface area (Å²) in [6, 6.07) is 10.7. The Labute approximate surface area is 123 Å². The molecule has 1 aromatic carbocycles. The molecule has 0 aliphatic carbocycles. The Balaban J connectivity index is 1.95. The van der Waals surface area contributed by atoms with Gasteiger partial charge in [0.1, 0.15) is 5.75 Å². The van der Waals surface area contributed by atoms with E-state index in [9.17, 15) is 4.79 Å². The molecule has 0 bridgehead atoms. The van der Waals surface area contributed by atoms with Crippen molar-refractivity contribution in [2.45, 2.75) is 0 Å². The minimum Gasteiger partial charge on any atom is -0.497 e. The molecule has 0 spiro atoms. The summed E-state index contributed by atoms with van der Waals surface area (Å²) < 4.78 is 6.05. The number of thiophene rings is 1. The third-order valence-electron chi connectivity index (χ3n) is 2.30. The zero-order valence-corrected chi connectivity index (χ0v) is 12.5. The highest BCUT2D eigenvalue weighted by molar-refractivity contribution is 9.11. The van der Waals surface area contributed by atoms with E-state index >= 15 is 0 Å². The first-order valence-corrected chi connectivity index (χ1v) is 7.03. The van der Waals surface area contributed by atoms with Gasteiger partial charge in [-0.05, 0) is 52.3 Å². The Kier molecular flexibility index (Phi) is 4.70. The number of nitrogens with zero attached hydrogens (tertiary/aromatic N) is 1. The molecule has 1 amide bonds. The van der Waals surface area contributed by atoms with Crippen LogP contribution in [0.2, 0.25) is 0 Å². The van der Waals surface area contributed by atoms with Gasteiger partial charge < -0.3 is 4.74 Å². The third-order valence-corrected chi connectivity index (χ3v) is 3.86. The molecule has 0 fully saturated rings. The SMILES string of the molecule is COc1ccc(C(=O)N/N=C\c2ccc(Br)s2)cc1. The van der Waals surface area contributed by atoms with Crippen molar-refractivity contribution in [3.8, 4) is 5.75 Å². The number of carbonyl (C=O) groups excluding carboxylic acids is 1. The average molecular weight is 339 g/mol. The molecule has 0 aliphatic rings. The van der Waals surface area contributed by atoms with Gasteiger partial charge in [0.15, 0.2) is 0 Å². The Morgan fingerprint density at radius 3 is 2.63 bits per heavy atom. The standard InChI is InChI=1S/C13H11BrN2O2S/c1-18-10-4-2-9(3-5-10)13(17)16-15-8-11-6-7-12(14)19-11/h2-8H,1H3,(H,16,17)/b15-8-. The summed E-state index contributed by atoms with van der Waals surface area (Å²) in [5.74, 6) is 0.456. The molecule has 6 heteroatoms. The van der Waals surface area contributed by atoms with Crippen LogP contribution in [0.1, 0.15) is 15.2 Å². The van der Waals surface area contributed by atoms with Gasteiger partial charge in [0.05, 0.1) is 17.1 Å². The van der Waals surface area contributed by atoms with E-state index in [0.29, 0.717) is 11.3 Å². The second-order valence-electron chi connectivity index (χ2n) is 3.57. The Morgan fingerprint density at radius 2 is 2.05 bits per heavy atom. The smallest absolute Gasteiger partial charge is 0.271 e. The molecule has 2 rings (SSSR count). The first-order valence-electron chi connectivity index (χ1n) is 5.42. The molecule has 1 heterocycles. The Hall–Kier alpha value is -1.66. The summed E-state index contributed by atoms with van der Waals surface area (Å²) in [5.41, 5.74) is 3.01. The number of hydrazone groups is 1. The first kappa shape index (κ1) is 13.8. The molecule has 98 valence electrons. The Bertz CT molecular complexity index is 593. The predicted octanol–water partition coefficient (Wildman–Crippen LogP) is 3.28. The number of benzene rings is 1. The van der Waals surface area contributed by atoms with Crippen LogP contribution < -0.4 is 10.2 Å². The first-order chi connectivity index (χ1) is 9.19. The van der Waals surface area contributed by atoms with Crippen molar-refractivity contribution < 1.29 is 9.53 Å². The van der Waals surface area contributed by atoms with E-state index in [2.05, 4.69) is 26.5 Å². The van der Waals surface area contributed by atoms with Crippen LogP contribution in [0.25, 0.3) is 0 Å². The number of amides is 1. The summed E-state index contributed by atoms with van der Waals surface area (Å²) in [6.07, 6.45) is 1.61. The molecule has 0 saturated carbocycles. The molecule has 2 aromatic rings. The molecule has 4 nitrogen and oxygen atoms in total. The van der Waals surface area contributed by atoms with E-state index in [1.54, 1.807) is 37.6 Å². The van der Waals surface area contributed by atoms with Gasteiger partial charge in [-0.2, -0.15) is 5.10 Å². The minimum absolute atomic E-state index is 0.255. The number of halogens is 1. The van der Waals surface area contributed by atoms with Gasteiger partial charge in [-0.25, -0.2) is 5.43 Å². The van der Waals surface area contributed by atoms with Crippen molar-refractivity contribution in [2.75, 3.05) is 7.11 Å². The molecule has 0 unspecified atom stereocenters. The van der Waals surface area contributed by atoms with Crippen molar-refractivity contribution in [2.24, 2.45) is 5.10 Å². The van der Waals surface area contributed by atoms with Gasteiger partial charge in [0.25, 0.3) is 5.91 Å². The number of nitrogens with one attached hydrogen (secondary N) is 1. The van der Waals surface area contributed by atoms with Crippen molar-refractivity contribution in [1.82, 2.24) is 5.43 Å². The van der Waals surface area contributed by atoms with Crippen LogP contribution in [0, 0.1) is 0 Å². The maximum absolute atomic E-state index is 11.8. The summed E-state index contributed by atoms with van der Waals surface area (Å²) >= 11 is 4.90. The van der Waals surface area contributed by atoms with E-state index in [-0.39, 0.29) is 5.91 Å². The number of rotatable bonds is 4. The third kappa shape index (κ3) is 3.90. The van der Waals surface area contributed by atoms with Gasteiger partial charge in [-0.3, -0.25) is 4.79 Å². The molecule has 19 heavy (non-hydrogen) atoms. The van der Waals surface area contributed by atoms with E-state index < -0.39 is 0 Å². The lowest BCUT2D eigenvalue weighted by molar-refractivity contribution is 0.0955. The lowest BCUT2D eigenvalue weighted by atomic mass is 10.2. The van der Waals surface area contributed by atoms with E-state index in [1.807, 2.05) is 12.1 Å². The predicted molar refractivity (Wildman–Crippen MR) is 80.1 cm³/mol. The summed E-state index contributed by atoms with van der Waals surface area (Å²) in [6.45, 7) is 0. The molecule has 0 saturated heterocycles. The number of methoxy groups -OCH3 is 1. The molecule has 1 N–H and O–H groups in total. The lowest BCUT2D eigenvalue weighted by Crippen LogP contribution is -2.17. The van der Waals surface area contributed by atoms with Crippen molar-refractivity contribution in [1.29, 1.82) is 0 Å². The average Bonchev–Trinajstić information content (AvgIpc) is 2.84. The maximum atomic E-state index is 11.8. The molecule has 0 radical (unpaired) electrons. The van der Waals surface area contributed by atoms with Crippen LogP contribution >= 0.6 is 27.3 Å². The zero-order chi connectivity index (χ0) is 13.7. The second kappa shape index (κ2) is 6.49. The van der Waals surface area contributed by atoms with Crippen molar-refractivity contribution >= 4 is 39.4 Å². The topological polar surface area (TPSA) is 50.7 Å². The Morgan fingerprint density at radius 1 is 1.32 bits per heavy atom. The summed E-state index contributed by atoms with van der Waals surface area (Å²) in [5, 5.41) is 3.91. The summed E-state index contributed by atoms with van der Waals surface area (Å²) in [7, 11) is 1.58. The lowest BCUT2D eigenvalue weighted by Gasteiger charge is -2.01. The molecule has 1 aromatic heterocycles. The highest BCUT2D eigenvalue weighted by atomic mass is 79.9. The fraction of sp³-hybridized carbons (Fsp3) is 0.0769. The van der Waals surface area contributed by atoms with E-state index in [4.69, 9.17) is 4.74 Å². The fourth-order valence-electron chi connectivity index (χ4n) is 1.36. The minimum atomic E-state index is -0.255. The van der Waals surface area contributed by atoms with Gasteiger partial charge in [0.2, 0.25) is 0 Å². The van der Waals surface area contributed by atoms with Crippen LogP contribution in [0.5, 0.6) is 5.75 Å². The number of hydrogen-bond donors (Lipinski definition) is 1. The molecular formula is C13H11BrN2O2S. The maximum Gasteiger partial charge on any atom is 0.271 e.